The van der Waals surface area contributed by atoms with Gasteiger partial charge in [-0.25, -0.2) is 15.0 Å². The van der Waals surface area contributed by atoms with Crippen molar-refractivity contribution < 1.29 is 0 Å². The Morgan fingerprint density at radius 1 is 0.414 bits per heavy atom. The Labute approximate surface area is 337 Å². The molecule has 6 nitrogen and oxygen atoms in total. The van der Waals surface area contributed by atoms with Crippen LogP contribution in [0.5, 0.6) is 0 Å². The topological polar surface area (TPSA) is 72.3 Å². The number of nitriles is 1. The Bertz CT molecular complexity index is 3230. The first kappa shape index (κ1) is 35.1. The monoisotopic (exact) mass is 748 g/mol. The van der Waals surface area contributed by atoms with Crippen LogP contribution in [0.2, 0.25) is 0 Å². The molecule has 7 aromatic carbocycles. The van der Waals surface area contributed by atoms with Gasteiger partial charge in [0.25, 0.3) is 0 Å². The molecule has 58 heavy (non-hydrogen) atoms. The van der Waals surface area contributed by atoms with E-state index in [1.54, 1.807) is 0 Å². The minimum absolute atomic E-state index is 0.617. The average Bonchev–Trinajstić information content (AvgIpc) is 3.70. The van der Waals surface area contributed by atoms with Crippen molar-refractivity contribution in [2.45, 2.75) is 41.5 Å². The Hall–Kier alpha value is -7.36. The van der Waals surface area contributed by atoms with E-state index >= 15 is 0 Å². The highest BCUT2D eigenvalue weighted by atomic mass is 15.0. The molecular weight excluding hydrogens is 709 g/mol. The molecule has 0 saturated heterocycles. The van der Waals surface area contributed by atoms with Crippen LogP contribution in [0, 0.1) is 52.9 Å². The van der Waals surface area contributed by atoms with Crippen LogP contribution in [0.25, 0.3) is 88.6 Å². The second-order valence-corrected chi connectivity index (χ2v) is 15.6. The summed E-state index contributed by atoms with van der Waals surface area (Å²) in [6.07, 6.45) is 0. The fourth-order valence-corrected chi connectivity index (χ4v) is 8.80. The lowest BCUT2D eigenvalue weighted by Crippen LogP contribution is -2.04. The largest absolute Gasteiger partial charge is 0.309 e. The molecule has 3 heterocycles. The van der Waals surface area contributed by atoms with E-state index in [4.69, 9.17) is 9.97 Å². The molecule has 0 atom stereocenters. The van der Waals surface area contributed by atoms with E-state index in [1.165, 1.54) is 43.8 Å². The Kier molecular flexibility index (Phi) is 8.10. The van der Waals surface area contributed by atoms with Gasteiger partial charge in [-0.3, -0.25) is 0 Å². The molecule has 0 aliphatic rings. The third kappa shape index (κ3) is 5.66. The summed E-state index contributed by atoms with van der Waals surface area (Å²) >= 11 is 0. The van der Waals surface area contributed by atoms with Crippen LogP contribution >= 0.6 is 0 Å². The van der Waals surface area contributed by atoms with E-state index < -0.39 is 0 Å². The lowest BCUT2D eigenvalue weighted by molar-refractivity contribution is 0.927. The van der Waals surface area contributed by atoms with E-state index in [0.717, 1.165) is 61.3 Å². The first-order valence-electron chi connectivity index (χ1n) is 19.7. The minimum Gasteiger partial charge on any atom is -0.309 e. The molecule has 0 fully saturated rings. The maximum atomic E-state index is 10.2. The highest BCUT2D eigenvalue weighted by molar-refractivity contribution is 6.11. The van der Waals surface area contributed by atoms with Crippen molar-refractivity contribution in [1.82, 2.24) is 24.1 Å². The molecule has 3 aromatic heterocycles. The summed E-state index contributed by atoms with van der Waals surface area (Å²) in [4.78, 5) is 14.5. The Balaban J connectivity index is 1.31. The van der Waals surface area contributed by atoms with Gasteiger partial charge in [0.15, 0.2) is 5.82 Å². The van der Waals surface area contributed by atoms with Crippen LogP contribution in [-0.4, -0.2) is 24.1 Å². The maximum absolute atomic E-state index is 10.2. The van der Waals surface area contributed by atoms with Gasteiger partial charge < -0.3 is 9.13 Å². The predicted octanol–water partition coefficient (Wildman–Crippen LogP) is 12.8. The maximum Gasteiger partial charge on any atom is 0.165 e. The van der Waals surface area contributed by atoms with Crippen LogP contribution in [0.15, 0.2) is 133 Å². The fourth-order valence-electron chi connectivity index (χ4n) is 8.80. The first-order chi connectivity index (χ1) is 28.1. The molecule has 0 amide bonds. The van der Waals surface area contributed by atoms with E-state index in [0.29, 0.717) is 23.0 Å². The van der Waals surface area contributed by atoms with Gasteiger partial charge in [-0.05, 0) is 137 Å². The van der Waals surface area contributed by atoms with Gasteiger partial charge in [0, 0.05) is 32.7 Å². The molecule has 0 unspecified atom stereocenters. The molecular formula is C52H40N6. The zero-order valence-electron chi connectivity index (χ0n) is 33.4. The molecule has 0 spiro atoms. The number of nitrogens with zero attached hydrogens (tertiary/aromatic N) is 6. The van der Waals surface area contributed by atoms with Gasteiger partial charge in [0.05, 0.1) is 45.1 Å². The lowest BCUT2D eigenvalue weighted by Gasteiger charge is -2.19. The van der Waals surface area contributed by atoms with Gasteiger partial charge in [0.2, 0.25) is 0 Å². The predicted molar refractivity (Wildman–Crippen MR) is 238 cm³/mol. The zero-order chi connectivity index (χ0) is 39.8. The first-order valence-corrected chi connectivity index (χ1v) is 19.7. The Morgan fingerprint density at radius 2 is 0.828 bits per heavy atom. The zero-order valence-corrected chi connectivity index (χ0v) is 33.4. The van der Waals surface area contributed by atoms with E-state index in [9.17, 15) is 5.26 Å². The molecule has 0 aliphatic heterocycles. The number of hydrogen-bond acceptors (Lipinski definition) is 4. The van der Waals surface area contributed by atoms with Crippen molar-refractivity contribution >= 4 is 43.6 Å². The summed E-state index contributed by atoms with van der Waals surface area (Å²) in [6, 6.07) is 50.3. The van der Waals surface area contributed by atoms with Gasteiger partial charge in [-0.2, -0.15) is 5.26 Å². The number of fused-ring (bicyclic) bond motifs is 6. The van der Waals surface area contributed by atoms with Crippen LogP contribution in [0.3, 0.4) is 0 Å². The summed E-state index contributed by atoms with van der Waals surface area (Å²) in [7, 11) is 0. The Morgan fingerprint density at radius 3 is 1.29 bits per heavy atom. The van der Waals surface area contributed by atoms with Crippen molar-refractivity contribution in [3.63, 3.8) is 0 Å². The average molecular weight is 749 g/mol. The number of hydrogen-bond donors (Lipinski definition) is 0. The normalized spacial score (nSPS) is 11.6. The van der Waals surface area contributed by atoms with Crippen LogP contribution in [0.4, 0.5) is 0 Å². The second-order valence-electron chi connectivity index (χ2n) is 15.6. The minimum atomic E-state index is 0.617. The quantitative estimate of drug-likeness (QED) is 0.176. The van der Waals surface area contributed by atoms with Gasteiger partial charge in [-0.1, -0.05) is 76.9 Å². The third-order valence-corrected chi connectivity index (χ3v) is 11.4. The molecule has 0 aliphatic carbocycles. The molecule has 0 bridgehead atoms. The molecule has 278 valence electrons. The smallest absolute Gasteiger partial charge is 0.165 e. The third-order valence-electron chi connectivity index (χ3n) is 11.4. The molecule has 10 aromatic rings. The standard InChI is InChI=1S/C52H40N6/c1-30-11-17-47-41(23-30)42-24-31(2)12-18-48(42)57(47)46-21-15-36(39-10-8-7-9-38(39)29-53)27-40(46)37-16-22-51(45(28-37)52-55-34(5)54-35(6)56-52)58-49-19-13-32(3)25-43(49)44-26-33(4)14-20-50(44)58/h7-28H,1-6H3. The van der Waals surface area contributed by atoms with E-state index in [1.807, 2.05) is 38.1 Å². The molecule has 0 saturated carbocycles. The van der Waals surface area contributed by atoms with Crippen LogP contribution in [0.1, 0.15) is 39.5 Å². The summed E-state index contributed by atoms with van der Waals surface area (Å²) in [6.45, 7) is 12.4. The van der Waals surface area contributed by atoms with Crippen molar-refractivity contribution in [2.24, 2.45) is 0 Å². The van der Waals surface area contributed by atoms with E-state index in [2.05, 4.69) is 157 Å². The highest BCUT2D eigenvalue weighted by Gasteiger charge is 2.22. The number of aromatic nitrogens is 5. The summed E-state index contributed by atoms with van der Waals surface area (Å²) in [5, 5.41) is 15.0. The van der Waals surface area contributed by atoms with Crippen molar-refractivity contribution in [3.8, 4) is 51.1 Å². The van der Waals surface area contributed by atoms with Gasteiger partial charge in [0.1, 0.15) is 11.6 Å². The van der Waals surface area contributed by atoms with Gasteiger partial charge >= 0.3 is 0 Å². The van der Waals surface area contributed by atoms with Crippen LogP contribution < -0.4 is 0 Å². The number of rotatable bonds is 5. The van der Waals surface area contributed by atoms with Crippen molar-refractivity contribution in [2.75, 3.05) is 0 Å². The summed E-state index contributed by atoms with van der Waals surface area (Å²) < 4.78 is 4.75. The molecule has 0 N–H and O–H groups in total. The lowest BCUT2D eigenvalue weighted by atomic mass is 9.93. The van der Waals surface area contributed by atoms with Crippen molar-refractivity contribution in [3.05, 3.63) is 173 Å². The number of aryl methyl sites for hydroxylation is 6. The summed E-state index contributed by atoms with van der Waals surface area (Å²) in [5.74, 6) is 1.95. The van der Waals surface area contributed by atoms with E-state index in [-0.39, 0.29) is 0 Å². The SMILES string of the molecule is Cc1ccc2c(c1)c1cc(C)ccc1n2-c1ccc(-c2ccccc2C#N)cc1-c1ccc(-n2c3ccc(C)cc3c3cc(C)ccc32)c(-c2nc(C)nc(C)n2)c1. The van der Waals surface area contributed by atoms with Crippen LogP contribution in [-0.2, 0) is 0 Å². The second kappa shape index (κ2) is 13.4. The van der Waals surface area contributed by atoms with Gasteiger partial charge in [-0.15, -0.1) is 0 Å². The highest BCUT2D eigenvalue weighted by Crippen LogP contribution is 2.42. The molecule has 6 heteroatoms. The number of benzene rings is 7. The fraction of sp³-hybridized carbons (Fsp3) is 0.115. The van der Waals surface area contributed by atoms with Crippen molar-refractivity contribution in [1.29, 1.82) is 5.26 Å². The summed E-state index contributed by atoms with van der Waals surface area (Å²) in [5.41, 5.74) is 16.8. The molecule has 0 radical (unpaired) electrons. The molecule has 10 rings (SSSR count).